The average Bonchev–Trinajstić information content (AvgIpc) is 2.68. The summed E-state index contributed by atoms with van der Waals surface area (Å²) < 4.78 is 36.9. The van der Waals surface area contributed by atoms with E-state index in [9.17, 15) is 13.2 Å². The molecule has 0 aliphatic heterocycles. The molecule has 2 rings (SSSR count). The Morgan fingerprint density at radius 1 is 0.963 bits per heavy atom. The van der Waals surface area contributed by atoms with Crippen molar-refractivity contribution in [3.05, 3.63) is 59.7 Å². The van der Waals surface area contributed by atoms with Crippen LogP contribution in [0.1, 0.15) is 15.9 Å². The van der Waals surface area contributed by atoms with Gasteiger partial charge in [0.2, 0.25) is 10.0 Å². The maximum absolute atomic E-state index is 12.1. The molecule has 0 saturated heterocycles. The Labute approximate surface area is 159 Å². The van der Waals surface area contributed by atoms with E-state index in [2.05, 4.69) is 10.0 Å². The molecule has 0 aliphatic carbocycles. The molecule has 0 spiro atoms. The van der Waals surface area contributed by atoms with E-state index in [1.165, 1.54) is 0 Å². The van der Waals surface area contributed by atoms with Gasteiger partial charge in [-0.3, -0.25) is 4.79 Å². The number of nitrogens with one attached hydrogen (secondary N) is 2. The zero-order chi connectivity index (χ0) is 19.7. The Morgan fingerprint density at radius 3 is 2.33 bits per heavy atom. The summed E-state index contributed by atoms with van der Waals surface area (Å²) in [7, 11) is -0.365. The van der Waals surface area contributed by atoms with Crippen molar-refractivity contribution in [2.45, 2.75) is 6.42 Å². The SMILES string of the molecule is COc1ccc(C(=O)NCCS(=O)(=O)NCCc2ccccc2OC)cc1. The highest BCUT2D eigenvalue weighted by atomic mass is 32.2. The Hall–Kier alpha value is -2.58. The monoisotopic (exact) mass is 392 g/mol. The molecular formula is C19H24N2O5S. The summed E-state index contributed by atoms with van der Waals surface area (Å²) in [5, 5.41) is 2.60. The van der Waals surface area contributed by atoms with Gasteiger partial charge in [-0.1, -0.05) is 18.2 Å². The van der Waals surface area contributed by atoms with E-state index in [-0.39, 0.29) is 24.7 Å². The van der Waals surface area contributed by atoms with Crippen LogP contribution in [0.3, 0.4) is 0 Å². The second-order valence-corrected chi connectivity index (χ2v) is 7.69. The number of amides is 1. The zero-order valence-corrected chi connectivity index (χ0v) is 16.2. The second kappa shape index (κ2) is 9.94. The molecular weight excluding hydrogens is 368 g/mol. The van der Waals surface area contributed by atoms with Gasteiger partial charge < -0.3 is 14.8 Å². The third kappa shape index (κ3) is 6.58. The van der Waals surface area contributed by atoms with Crippen LogP contribution in [-0.2, 0) is 16.4 Å². The standard InChI is InChI=1S/C19H24N2O5S/c1-25-17-9-7-16(8-10-17)19(22)20-13-14-27(23,24)21-12-11-15-5-3-4-6-18(15)26-2/h3-10,21H,11-14H2,1-2H3,(H,20,22). The zero-order valence-electron chi connectivity index (χ0n) is 15.4. The van der Waals surface area contributed by atoms with Crippen molar-refractivity contribution >= 4 is 15.9 Å². The Kier molecular flexibility index (Phi) is 7.63. The summed E-state index contributed by atoms with van der Waals surface area (Å²) in [6.45, 7) is 0.282. The van der Waals surface area contributed by atoms with Crippen molar-refractivity contribution < 1.29 is 22.7 Å². The van der Waals surface area contributed by atoms with Crippen LogP contribution in [0.4, 0.5) is 0 Å². The van der Waals surface area contributed by atoms with Gasteiger partial charge in [0.1, 0.15) is 11.5 Å². The maximum atomic E-state index is 12.1. The van der Waals surface area contributed by atoms with Crippen molar-refractivity contribution in [2.75, 3.05) is 33.1 Å². The highest BCUT2D eigenvalue weighted by molar-refractivity contribution is 7.89. The van der Waals surface area contributed by atoms with Crippen LogP contribution >= 0.6 is 0 Å². The molecule has 2 N–H and O–H groups in total. The van der Waals surface area contributed by atoms with E-state index in [0.29, 0.717) is 17.7 Å². The predicted octanol–water partition coefficient (Wildman–Crippen LogP) is 1.60. The van der Waals surface area contributed by atoms with Gasteiger partial charge in [0, 0.05) is 18.7 Å². The number of para-hydroxylation sites is 1. The Morgan fingerprint density at radius 2 is 1.67 bits per heavy atom. The molecule has 27 heavy (non-hydrogen) atoms. The lowest BCUT2D eigenvalue weighted by Crippen LogP contribution is -2.35. The third-order valence-corrected chi connectivity index (χ3v) is 5.30. The molecule has 0 bridgehead atoms. The molecule has 0 heterocycles. The van der Waals surface area contributed by atoms with Crippen LogP contribution in [-0.4, -0.2) is 47.4 Å². The van der Waals surface area contributed by atoms with Gasteiger partial charge in [0.05, 0.1) is 20.0 Å². The largest absolute Gasteiger partial charge is 0.497 e. The Bertz CT molecular complexity index is 851. The van der Waals surface area contributed by atoms with E-state index < -0.39 is 10.0 Å². The third-order valence-electron chi connectivity index (χ3n) is 3.92. The number of hydrogen-bond acceptors (Lipinski definition) is 5. The van der Waals surface area contributed by atoms with Gasteiger partial charge in [0.15, 0.2) is 0 Å². The first kappa shape index (κ1) is 20.7. The normalized spacial score (nSPS) is 11.0. The first-order chi connectivity index (χ1) is 12.9. The molecule has 2 aromatic carbocycles. The molecule has 0 radical (unpaired) electrons. The van der Waals surface area contributed by atoms with Gasteiger partial charge in [-0.05, 0) is 42.3 Å². The molecule has 0 fully saturated rings. The molecule has 1 amide bonds. The number of benzene rings is 2. The fourth-order valence-electron chi connectivity index (χ4n) is 2.47. The van der Waals surface area contributed by atoms with Crippen molar-refractivity contribution in [3.8, 4) is 11.5 Å². The Balaban J connectivity index is 1.76. The quantitative estimate of drug-likeness (QED) is 0.641. The highest BCUT2D eigenvalue weighted by Gasteiger charge is 2.12. The molecule has 8 heteroatoms. The highest BCUT2D eigenvalue weighted by Crippen LogP contribution is 2.17. The minimum Gasteiger partial charge on any atom is -0.497 e. The number of ether oxygens (including phenoxy) is 2. The van der Waals surface area contributed by atoms with E-state index in [1.807, 2.05) is 24.3 Å². The molecule has 7 nitrogen and oxygen atoms in total. The van der Waals surface area contributed by atoms with Crippen molar-refractivity contribution in [1.29, 1.82) is 0 Å². The first-order valence-corrected chi connectivity index (χ1v) is 10.1. The number of methoxy groups -OCH3 is 2. The van der Waals surface area contributed by atoms with E-state index in [0.717, 1.165) is 11.3 Å². The number of hydrogen-bond donors (Lipinski definition) is 2. The minimum atomic E-state index is -3.49. The van der Waals surface area contributed by atoms with Crippen molar-refractivity contribution in [3.63, 3.8) is 0 Å². The van der Waals surface area contributed by atoms with Crippen LogP contribution in [0.5, 0.6) is 11.5 Å². The van der Waals surface area contributed by atoms with Crippen LogP contribution in [0.25, 0.3) is 0 Å². The maximum Gasteiger partial charge on any atom is 0.251 e. The van der Waals surface area contributed by atoms with E-state index >= 15 is 0 Å². The summed E-state index contributed by atoms with van der Waals surface area (Å²) in [4.78, 5) is 12.0. The van der Waals surface area contributed by atoms with Crippen LogP contribution in [0.2, 0.25) is 0 Å². The summed E-state index contributed by atoms with van der Waals surface area (Å²) in [6.07, 6.45) is 0.515. The number of rotatable bonds is 10. The van der Waals surface area contributed by atoms with Gasteiger partial charge in [-0.2, -0.15) is 0 Å². The van der Waals surface area contributed by atoms with E-state index in [4.69, 9.17) is 9.47 Å². The average molecular weight is 392 g/mol. The predicted molar refractivity (Wildman–Crippen MR) is 104 cm³/mol. The van der Waals surface area contributed by atoms with Crippen LogP contribution in [0, 0.1) is 0 Å². The van der Waals surface area contributed by atoms with Crippen molar-refractivity contribution in [2.24, 2.45) is 0 Å². The lowest BCUT2D eigenvalue weighted by atomic mass is 10.1. The first-order valence-electron chi connectivity index (χ1n) is 8.46. The summed E-state index contributed by atoms with van der Waals surface area (Å²) in [5.74, 6) is 0.847. The number of carbonyl (C=O) groups excluding carboxylic acids is 1. The minimum absolute atomic E-state index is 0.0227. The molecule has 2 aromatic rings. The van der Waals surface area contributed by atoms with Crippen LogP contribution in [0.15, 0.2) is 48.5 Å². The van der Waals surface area contributed by atoms with Gasteiger partial charge >= 0.3 is 0 Å². The molecule has 0 saturated carbocycles. The topological polar surface area (TPSA) is 93.7 Å². The van der Waals surface area contributed by atoms with Gasteiger partial charge in [0.25, 0.3) is 5.91 Å². The molecule has 0 aliphatic rings. The van der Waals surface area contributed by atoms with Gasteiger partial charge in [-0.15, -0.1) is 0 Å². The van der Waals surface area contributed by atoms with Gasteiger partial charge in [-0.25, -0.2) is 13.1 Å². The summed E-state index contributed by atoms with van der Waals surface area (Å²) in [6, 6.07) is 14.0. The summed E-state index contributed by atoms with van der Waals surface area (Å²) >= 11 is 0. The van der Waals surface area contributed by atoms with Crippen molar-refractivity contribution in [1.82, 2.24) is 10.0 Å². The molecule has 0 unspecified atom stereocenters. The molecule has 146 valence electrons. The number of carbonyl (C=O) groups is 1. The fraction of sp³-hybridized carbons (Fsp3) is 0.316. The number of sulfonamides is 1. The lowest BCUT2D eigenvalue weighted by Gasteiger charge is -2.10. The molecule has 0 aromatic heterocycles. The van der Waals surface area contributed by atoms with Crippen LogP contribution < -0.4 is 19.5 Å². The summed E-state index contributed by atoms with van der Waals surface area (Å²) in [5.41, 5.74) is 1.37. The fourth-order valence-corrected chi connectivity index (χ4v) is 3.39. The lowest BCUT2D eigenvalue weighted by molar-refractivity contribution is 0.0956. The smallest absolute Gasteiger partial charge is 0.251 e. The van der Waals surface area contributed by atoms with E-state index in [1.54, 1.807) is 38.5 Å². The second-order valence-electron chi connectivity index (χ2n) is 5.76. The molecule has 0 atom stereocenters.